The van der Waals surface area contributed by atoms with E-state index in [0.29, 0.717) is 0 Å². The largest absolute Gasteiger partial charge is 0.497 e. The standard InChI is InChI=1S/C7H8O.C4H8/c1-8-7-5-3-2-4-6-7;1-4-2-3-4/h2-6H,1H3;4H,2-3H2,1H3. The van der Waals surface area contributed by atoms with E-state index in [1.54, 1.807) is 7.11 Å². The van der Waals surface area contributed by atoms with Crippen LogP contribution in [0.5, 0.6) is 5.75 Å². The van der Waals surface area contributed by atoms with Crippen molar-refractivity contribution >= 4 is 0 Å². The maximum atomic E-state index is 4.91. The molecule has 0 bridgehead atoms. The molecule has 1 fully saturated rings. The number of rotatable bonds is 1. The van der Waals surface area contributed by atoms with Crippen LogP contribution in [0.15, 0.2) is 30.3 Å². The van der Waals surface area contributed by atoms with Crippen molar-refractivity contribution in [2.45, 2.75) is 19.8 Å². The topological polar surface area (TPSA) is 9.23 Å². The van der Waals surface area contributed by atoms with Gasteiger partial charge in [-0.15, -0.1) is 0 Å². The minimum Gasteiger partial charge on any atom is -0.497 e. The second kappa shape index (κ2) is 4.81. The van der Waals surface area contributed by atoms with Gasteiger partial charge in [0.1, 0.15) is 5.75 Å². The summed E-state index contributed by atoms with van der Waals surface area (Å²) in [7, 11) is 1.66. The maximum absolute atomic E-state index is 4.91. The summed E-state index contributed by atoms with van der Waals surface area (Å²) in [6.45, 7) is 2.28. The molecule has 1 saturated carbocycles. The highest BCUT2D eigenvalue weighted by Crippen LogP contribution is 2.26. The first kappa shape index (κ1) is 9.11. The lowest BCUT2D eigenvalue weighted by atomic mass is 10.3. The summed E-state index contributed by atoms with van der Waals surface area (Å²) in [6.07, 6.45) is 2.97. The predicted molar refractivity (Wildman–Crippen MR) is 51.4 cm³/mol. The van der Waals surface area contributed by atoms with Gasteiger partial charge in [0.2, 0.25) is 0 Å². The van der Waals surface area contributed by atoms with Crippen molar-refractivity contribution in [1.29, 1.82) is 0 Å². The molecule has 1 nitrogen and oxygen atoms in total. The van der Waals surface area contributed by atoms with Crippen LogP contribution in [0.2, 0.25) is 0 Å². The fourth-order valence-electron chi connectivity index (χ4n) is 0.723. The van der Waals surface area contributed by atoms with Crippen molar-refractivity contribution in [3.63, 3.8) is 0 Å². The Labute approximate surface area is 74.4 Å². The number of benzene rings is 1. The monoisotopic (exact) mass is 164 g/mol. The summed E-state index contributed by atoms with van der Waals surface area (Å²) < 4.78 is 4.91. The van der Waals surface area contributed by atoms with Gasteiger partial charge in [-0.1, -0.05) is 38.0 Å². The van der Waals surface area contributed by atoms with Gasteiger partial charge in [0.05, 0.1) is 7.11 Å². The van der Waals surface area contributed by atoms with Gasteiger partial charge in [-0.3, -0.25) is 0 Å². The average Bonchev–Trinajstić information content (AvgIpc) is 2.90. The zero-order valence-corrected chi connectivity index (χ0v) is 7.79. The fraction of sp³-hybridized carbons (Fsp3) is 0.455. The third-order valence-electron chi connectivity index (χ3n) is 1.84. The Bertz CT molecular complexity index is 202. The van der Waals surface area contributed by atoms with Crippen LogP contribution in [0.1, 0.15) is 19.8 Å². The minimum atomic E-state index is 0.910. The predicted octanol–water partition coefficient (Wildman–Crippen LogP) is 3.11. The van der Waals surface area contributed by atoms with Gasteiger partial charge in [-0.2, -0.15) is 0 Å². The number of ether oxygens (including phenoxy) is 1. The number of methoxy groups -OCH3 is 1. The van der Waals surface area contributed by atoms with Crippen LogP contribution in [0.4, 0.5) is 0 Å². The summed E-state index contributed by atoms with van der Waals surface area (Å²) in [5, 5.41) is 0. The summed E-state index contributed by atoms with van der Waals surface area (Å²) in [5.41, 5.74) is 0. The van der Waals surface area contributed by atoms with Crippen LogP contribution in [-0.2, 0) is 0 Å². The van der Waals surface area contributed by atoms with Gasteiger partial charge in [0.15, 0.2) is 0 Å². The normalized spacial score (nSPS) is 14.5. The molecule has 1 aliphatic carbocycles. The molecule has 0 aromatic heterocycles. The Morgan fingerprint density at radius 3 is 1.92 bits per heavy atom. The van der Waals surface area contributed by atoms with E-state index in [0.717, 1.165) is 11.7 Å². The van der Waals surface area contributed by atoms with Gasteiger partial charge in [0.25, 0.3) is 0 Å². The number of para-hydroxylation sites is 1. The molecule has 66 valence electrons. The van der Waals surface area contributed by atoms with Crippen molar-refractivity contribution in [3.05, 3.63) is 30.3 Å². The Balaban J connectivity index is 0.000000150. The highest BCUT2D eigenvalue weighted by Gasteiger charge is 2.12. The van der Waals surface area contributed by atoms with Gasteiger partial charge < -0.3 is 4.74 Å². The highest BCUT2D eigenvalue weighted by atomic mass is 16.5. The molecular weight excluding hydrogens is 148 g/mol. The highest BCUT2D eigenvalue weighted by molar-refractivity contribution is 5.20. The maximum Gasteiger partial charge on any atom is 0.118 e. The molecule has 1 aliphatic rings. The summed E-state index contributed by atoms with van der Waals surface area (Å²) in [6, 6.07) is 9.68. The Morgan fingerprint density at radius 2 is 1.67 bits per heavy atom. The van der Waals surface area contributed by atoms with E-state index in [2.05, 4.69) is 6.92 Å². The third kappa shape index (κ3) is 4.02. The molecule has 1 heteroatoms. The van der Waals surface area contributed by atoms with E-state index in [9.17, 15) is 0 Å². The first-order valence-corrected chi connectivity index (χ1v) is 4.42. The smallest absolute Gasteiger partial charge is 0.118 e. The van der Waals surface area contributed by atoms with Crippen LogP contribution in [0, 0.1) is 5.92 Å². The Hall–Kier alpha value is -0.980. The molecule has 0 aliphatic heterocycles. The van der Waals surface area contributed by atoms with Gasteiger partial charge in [-0.05, 0) is 18.1 Å². The lowest BCUT2D eigenvalue weighted by Crippen LogP contribution is -1.78. The zero-order valence-electron chi connectivity index (χ0n) is 7.79. The van der Waals surface area contributed by atoms with Crippen LogP contribution < -0.4 is 4.74 Å². The molecular formula is C11H16O. The average molecular weight is 164 g/mol. The van der Waals surface area contributed by atoms with E-state index >= 15 is 0 Å². The molecule has 0 unspecified atom stereocenters. The van der Waals surface area contributed by atoms with Crippen LogP contribution in [0.3, 0.4) is 0 Å². The zero-order chi connectivity index (χ0) is 8.81. The molecule has 1 aromatic carbocycles. The van der Waals surface area contributed by atoms with E-state index in [1.165, 1.54) is 12.8 Å². The van der Waals surface area contributed by atoms with Crippen LogP contribution >= 0.6 is 0 Å². The van der Waals surface area contributed by atoms with Crippen molar-refractivity contribution < 1.29 is 4.74 Å². The number of hydrogen-bond acceptors (Lipinski definition) is 1. The quantitative estimate of drug-likeness (QED) is 0.619. The first-order chi connectivity index (χ1) is 5.83. The fourth-order valence-corrected chi connectivity index (χ4v) is 0.723. The van der Waals surface area contributed by atoms with Crippen LogP contribution in [-0.4, -0.2) is 7.11 Å². The summed E-state index contributed by atoms with van der Waals surface area (Å²) >= 11 is 0. The molecule has 0 amide bonds. The van der Waals surface area contributed by atoms with Crippen molar-refractivity contribution in [2.75, 3.05) is 7.11 Å². The molecule has 12 heavy (non-hydrogen) atoms. The van der Waals surface area contributed by atoms with E-state index < -0.39 is 0 Å². The van der Waals surface area contributed by atoms with E-state index in [-0.39, 0.29) is 0 Å². The third-order valence-corrected chi connectivity index (χ3v) is 1.84. The lowest BCUT2D eigenvalue weighted by molar-refractivity contribution is 0.415. The molecule has 0 atom stereocenters. The second-order valence-electron chi connectivity index (χ2n) is 3.20. The van der Waals surface area contributed by atoms with E-state index in [1.807, 2.05) is 30.3 Å². The SMILES string of the molecule is CC1CC1.COc1ccccc1. The minimum absolute atomic E-state index is 0.910. The Kier molecular flexibility index (Phi) is 3.65. The Morgan fingerprint density at radius 1 is 1.17 bits per heavy atom. The molecule has 0 heterocycles. The molecule has 0 N–H and O–H groups in total. The van der Waals surface area contributed by atoms with Gasteiger partial charge in [0, 0.05) is 0 Å². The molecule has 0 saturated heterocycles. The molecule has 0 spiro atoms. The first-order valence-electron chi connectivity index (χ1n) is 4.42. The summed E-state index contributed by atoms with van der Waals surface area (Å²) in [5.74, 6) is 1.99. The molecule has 2 rings (SSSR count). The number of hydrogen-bond donors (Lipinski definition) is 0. The molecule has 1 aromatic rings. The molecule has 0 radical (unpaired) electrons. The van der Waals surface area contributed by atoms with Crippen LogP contribution in [0.25, 0.3) is 0 Å². The summed E-state index contributed by atoms with van der Waals surface area (Å²) in [4.78, 5) is 0. The second-order valence-corrected chi connectivity index (χ2v) is 3.20. The lowest BCUT2D eigenvalue weighted by Gasteiger charge is -1.93. The van der Waals surface area contributed by atoms with Crippen molar-refractivity contribution in [2.24, 2.45) is 5.92 Å². The van der Waals surface area contributed by atoms with E-state index in [4.69, 9.17) is 4.74 Å². The van der Waals surface area contributed by atoms with Gasteiger partial charge in [-0.25, -0.2) is 0 Å². The van der Waals surface area contributed by atoms with Crippen molar-refractivity contribution in [1.82, 2.24) is 0 Å². The van der Waals surface area contributed by atoms with Crippen molar-refractivity contribution in [3.8, 4) is 5.75 Å². The van der Waals surface area contributed by atoms with Gasteiger partial charge >= 0.3 is 0 Å².